The largest absolute Gasteiger partial charge is 0.338 e. The van der Waals surface area contributed by atoms with Gasteiger partial charge in [-0.25, -0.2) is 9.38 Å². The highest BCUT2D eigenvalue weighted by atomic mass is 35.5. The number of hydrogen-bond acceptors (Lipinski definition) is 2. The maximum atomic E-state index is 13.1. The van der Waals surface area contributed by atoms with E-state index in [-0.39, 0.29) is 10.9 Å². The Morgan fingerprint density at radius 2 is 2.21 bits per heavy atom. The number of rotatable bonds is 2. The van der Waals surface area contributed by atoms with Gasteiger partial charge in [-0.1, -0.05) is 17.7 Å². The van der Waals surface area contributed by atoms with Crippen molar-refractivity contribution in [3.8, 4) is 0 Å². The Hall–Kier alpha value is -1.62. The molecule has 3 rings (SSSR count). The van der Waals surface area contributed by atoms with Crippen molar-refractivity contribution in [3.63, 3.8) is 0 Å². The van der Waals surface area contributed by atoms with E-state index in [0.29, 0.717) is 17.6 Å². The minimum Gasteiger partial charge on any atom is -0.338 e. The average molecular weight is 282 g/mol. The van der Waals surface area contributed by atoms with Crippen LogP contribution in [0.4, 0.5) is 4.39 Å². The van der Waals surface area contributed by atoms with E-state index in [0.717, 1.165) is 12.8 Å². The lowest BCUT2D eigenvalue weighted by molar-refractivity contribution is -0.123. The minimum absolute atomic E-state index is 0.220. The van der Waals surface area contributed by atoms with Crippen molar-refractivity contribution in [2.75, 3.05) is 0 Å². The van der Waals surface area contributed by atoms with E-state index < -0.39 is 11.4 Å². The topological polar surface area (TPSA) is 53.5 Å². The molecule has 1 aromatic carbocycles. The van der Waals surface area contributed by atoms with Crippen molar-refractivity contribution in [1.82, 2.24) is 10.6 Å². The number of aliphatic imine (C=N–C) groups is 1. The molecule has 1 amide bonds. The second-order valence-electron chi connectivity index (χ2n) is 5.04. The SMILES string of the molecule is CC1(c2ccc(F)cc2Cl)NC(=NC2CC2)NC1=O. The highest BCUT2D eigenvalue weighted by Gasteiger charge is 2.44. The van der Waals surface area contributed by atoms with Crippen LogP contribution in [0.1, 0.15) is 25.3 Å². The Kier molecular flexibility index (Phi) is 2.74. The van der Waals surface area contributed by atoms with Gasteiger partial charge in [-0.2, -0.15) is 0 Å². The lowest BCUT2D eigenvalue weighted by atomic mass is 9.92. The summed E-state index contributed by atoms with van der Waals surface area (Å²) in [7, 11) is 0. The molecule has 0 bridgehead atoms. The Bertz CT molecular complexity index is 585. The molecule has 0 aromatic heterocycles. The van der Waals surface area contributed by atoms with Crippen molar-refractivity contribution in [2.24, 2.45) is 4.99 Å². The molecule has 19 heavy (non-hydrogen) atoms. The van der Waals surface area contributed by atoms with E-state index in [2.05, 4.69) is 15.6 Å². The molecule has 1 aromatic rings. The zero-order chi connectivity index (χ0) is 13.6. The summed E-state index contributed by atoms with van der Waals surface area (Å²) in [6.45, 7) is 1.71. The van der Waals surface area contributed by atoms with Crippen LogP contribution in [0, 0.1) is 5.82 Å². The number of benzene rings is 1. The fraction of sp³-hybridized carbons (Fsp3) is 0.385. The summed E-state index contributed by atoms with van der Waals surface area (Å²) >= 11 is 6.03. The van der Waals surface area contributed by atoms with Gasteiger partial charge in [0.15, 0.2) is 5.96 Å². The molecule has 2 N–H and O–H groups in total. The number of hydrogen-bond donors (Lipinski definition) is 2. The van der Waals surface area contributed by atoms with Crippen LogP contribution in [0.2, 0.25) is 5.02 Å². The van der Waals surface area contributed by atoms with E-state index in [1.54, 1.807) is 6.92 Å². The molecule has 1 aliphatic heterocycles. The van der Waals surface area contributed by atoms with Crippen LogP contribution in [0.25, 0.3) is 0 Å². The van der Waals surface area contributed by atoms with Gasteiger partial charge in [0.1, 0.15) is 11.4 Å². The van der Waals surface area contributed by atoms with E-state index in [1.807, 2.05) is 0 Å². The molecule has 1 heterocycles. The first kappa shape index (κ1) is 12.4. The molecule has 2 fully saturated rings. The van der Waals surface area contributed by atoms with Gasteiger partial charge in [0, 0.05) is 10.6 Å². The van der Waals surface area contributed by atoms with Gasteiger partial charge in [-0.3, -0.25) is 10.1 Å². The van der Waals surface area contributed by atoms with Gasteiger partial charge in [-0.15, -0.1) is 0 Å². The zero-order valence-electron chi connectivity index (χ0n) is 10.3. The van der Waals surface area contributed by atoms with Crippen LogP contribution >= 0.6 is 11.6 Å². The molecule has 1 saturated heterocycles. The molecule has 4 nitrogen and oxygen atoms in total. The summed E-state index contributed by atoms with van der Waals surface area (Å²) in [5, 5.41) is 5.97. The third kappa shape index (κ3) is 2.18. The van der Waals surface area contributed by atoms with Crippen molar-refractivity contribution >= 4 is 23.5 Å². The number of nitrogens with one attached hydrogen (secondary N) is 2. The highest BCUT2D eigenvalue weighted by Crippen LogP contribution is 2.32. The lowest BCUT2D eigenvalue weighted by Gasteiger charge is -2.22. The molecule has 1 unspecified atom stereocenters. The summed E-state index contributed by atoms with van der Waals surface area (Å²) in [6.07, 6.45) is 2.10. The number of carbonyl (C=O) groups is 1. The predicted octanol–water partition coefficient (Wildman–Crippen LogP) is 1.93. The molecular weight excluding hydrogens is 269 g/mol. The molecule has 0 spiro atoms. The van der Waals surface area contributed by atoms with E-state index in [1.165, 1.54) is 18.2 Å². The van der Waals surface area contributed by atoms with Gasteiger partial charge < -0.3 is 5.32 Å². The molecule has 1 aliphatic carbocycles. The first-order valence-corrected chi connectivity index (χ1v) is 6.50. The quantitative estimate of drug-likeness (QED) is 0.870. The molecule has 0 radical (unpaired) electrons. The number of carbonyl (C=O) groups excluding carboxylic acids is 1. The smallest absolute Gasteiger partial charge is 0.256 e. The Morgan fingerprint density at radius 3 is 2.84 bits per heavy atom. The van der Waals surface area contributed by atoms with Crippen molar-refractivity contribution in [3.05, 3.63) is 34.6 Å². The van der Waals surface area contributed by atoms with Crippen LogP contribution in [0.3, 0.4) is 0 Å². The standard InChI is InChI=1S/C13H13ClFN3O/c1-13(9-5-2-7(15)6-10(9)14)11(19)17-12(18-13)16-8-3-4-8/h2,5-6,8H,3-4H2,1H3,(H2,16,17,18,19). The first-order chi connectivity index (χ1) is 8.99. The third-order valence-electron chi connectivity index (χ3n) is 3.38. The van der Waals surface area contributed by atoms with Gasteiger partial charge in [0.25, 0.3) is 5.91 Å². The summed E-state index contributed by atoms with van der Waals surface area (Å²) in [5.41, 5.74) is -0.479. The Labute approximate surface area is 115 Å². The highest BCUT2D eigenvalue weighted by molar-refractivity contribution is 6.32. The fourth-order valence-corrected chi connectivity index (χ4v) is 2.45. The molecule has 2 aliphatic rings. The van der Waals surface area contributed by atoms with Crippen molar-refractivity contribution < 1.29 is 9.18 Å². The summed E-state index contributed by atoms with van der Waals surface area (Å²) < 4.78 is 13.1. The number of halogens is 2. The van der Waals surface area contributed by atoms with Crippen LogP contribution in [0.15, 0.2) is 23.2 Å². The Morgan fingerprint density at radius 1 is 1.47 bits per heavy atom. The molecule has 1 atom stereocenters. The van der Waals surface area contributed by atoms with Crippen LogP contribution in [-0.4, -0.2) is 17.9 Å². The van der Waals surface area contributed by atoms with Crippen molar-refractivity contribution in [2.45, 2.75) is 31.3 Å². The maximum Gasteiger partial charge on any atom is 0.256 e. The first-order valence-electron chi connectivity index (χ1n) is 6.12. The average Bonchev–Trinajstić information content (AvgIpc) is 3.07. The van der Waals surface area contributed by atoms with Gasteiger partial charge in [0.2, 0.25) is 0 Å². The van der Waals surface area contributed by atoms with Gasteiger partial charge >= 0.3 is 0 Å². The molecule has 100 valence electrons. The zero-order valence-corrected chi connectivity index (χ0v) is 11.1. The molecule has 1 saturated carbocycles. The van der Waals surface area contributed by atoms with Crippen molar-refractivity contribution in [1.29, 1.82) is 0 Å². The summed E-state index contributed by atoms with van der Waals surface area (Å²) in [5.74, 6) is -0.196. The van der Waals surface area contributed by atoms with Gasteiger partial charge in [0.05, 0.1) is 6.04 Å². The van der Waals surface area contributed by atoms with Crippen LogP contribution in [-0.2, 0) is 10.3 Å². The lowest BCUT2D eigenvalue weighted by Crippen LogP contribution is -2.41. The summed E-state index contributed by atoms with van der Waals surface area (Å²) in [4.78, 5) is 16.5. The second-order valence-corrected chi connectivity index (χ2v) is 5.44. The van der Waals surface area contributed by atoms with E-state index in [4.69, 9.17) is 11.6 Å². The Balaban J connectivity index is 1.95. The predicted molar refractivity (Wildman–Crippen MR) is 70.5 cm³/mol. The van der Waals surface area contributed by atoms with Gasteiger partial charge in [-0.05, 0) is 31.9 Å². The van der Waals surface area contributed by atoms with E-state index in [9.17, 15) is 9.18 Å². The maximum absolute atomic E-state index is 13.1. The number of amides is 1. The van der Waals surface area contributed by atoms with E-state index >= 15 is 0 Å². The normalized spacial score (nSPS) is 28.4. The molecular formula is C13H13ClFN3O. The molecule has 6 heteroatoms. The van der Waals surface area contributed by atoms with Crippen LogP contribution < -0.4 is 10.6 Å². The third-order valence-corrected chi connectivity index (χ3v) is 3.70. The summed E-state index contributed by atoms with van der Waals surface area (Å²) in [6, 6.07) is 4.31. The monoisotopic (exact) mass is 281 g/mol. The number of nitrogens with zero attached hydrogens (tertiary/aromatic N) is 1. The van der Waals surface area contributed by atoms with Crippen LogP contribution in [0.5, 0.6) is 0 Å². The minimum atomic E-state index is -1.02. The number of guanidine groups is 1. The fourth-order valence-electron chi connectivity index (χ4n) is 2.09. The second kappa shape index (κ2) is 4.20.